The highest BCUT2D eigenvalue weighted by molar-refractivity contribution is 8.02. The van der Waals surface area contributed by atoms with Crippen LogP contribution in [0.4, 0.5) is 26.3 Å². The molecule has 0 radical (unpaired) electrons. The van der Waals surface area contributed by atoms with Crippen molar-refractivity contribution in [2.45, 2.75) is 37.7 Å². The summed E-state index contributed by atoms with van der Waals surface area (Å²) in [5.41, 5.74) is -2.11. The van der Waals surface area contributed by atoms with Gasteiger partial charge < -0.3 is 4.90 Å². The normalized spacial score (nSPS) is 21.8. The molecule has 0 N–H and O–H groups in total. The van der Waals surface area contributed by atoms with Crippen molar-refractivity contribution in [2.24, 2.45) is 0 Å². The van der Waals surface area contributed by atoms with Crippen LogP contribution >= 0.6 is 0 Å². The van der Waals surface area contributed by atoms with Crippen molar-refractivity contribution in [1.82, 2.24) is 14.1 Å². The summed E-state index contributed by atoms with van der Waals surface area (Å²) in [5.74, 6) is -1.28. The Morgan fingerprint density at radius 2 is 1.43 bits per heavy atom. The van der Waals surface area contributed by atoms with Gasteiger partial charge in [0.05, 0.1) is 11.1 Å². The van der Waals surface area contributed by atoms with Gasteiger partial charge in [-0.3, -0.25) is 14.5 Å². The molecule has 2 aliphatic rings. The molecule has 0 aromatic heterocycles. The van der Waals surface area contributed by atoms with Gasteiger partial charge in [0.2, 0.25) is 5.62 Å². The van der Waals surface area contributed by atoms with Gasteiger partial charge >= 0.3 is 12.4 Å². The lowest BCUT2D eigenvalue weighted by atomic mass is 9.84. The van der Waals surface area contributed by atoms with E-state index in [9.17, 15) is 44.3 Å². The third-order valence-corrected chi connectivity index (χ3v) is 8.76. The van der Waals surface area contributed by atoms with Crippen LogP contribution in [0.25, 0.3) is 0 Å². The third-order valence-electron chi connectivity index (χ3n) is 7.43. The average Bonchev–Trinajstić information content (AvgIpc) is 2.91. The molecular weight excluding hydrogens is 564 g/mol. The Hall–Kier alpha value is -2.97. The van der Waals surface area contributed by atoms with Crippen LogP contribution in [0.15, 0.2) is 42.5 Å². The highest BCUT2D eigenvalue weighted by atomic mass is 32.2. The number of rotatable bonds is 5. The minimum atomic E-state index is -5.08. The van der Waals surface area contributed by atoms with E-state index >= 15 is 0 Å². The number of sulfonamides is 1. The molecule has 2 unspecified atom stereocenters. The molecule has 40 heavy (non-hydrogen) atoms. The molecule has 4 rings (SSSR count). The number of hydrogen-bond donors (Lipinski definition) is 0. The van der Waals surface area contributed by atoms with Crippen molar-refractivity contribution in [3.63, 3.8) is 0 Å². The van der Waals surface area contributed by atoms with Crippen LogP contribution in [-0.2, 0) is 27.2 Å². The van der Waals surface area contributed by atoms with Crippen molar-refractivity contribution in [3.8, 4) is 0 Å². The molecule has 0 bridgehead atoms. The lowest BCUT2D eigenvalue weighted by Crippen LogP contribution is -2.57. The molecule has 1 amide bonds. The molecule has 2 saturated heterocycles. The Morgan fingerprint density at radius 3 is 1.93 bits per heavy atom. The van der Waals surface area contributed by atoms with Gasteiger partial charge in [0.15, 0.2) is 0 Å². The summed E-state index contributed by atoms with van der Waals surface area (Å²) in [4.78, 5) is 27.6. The van der Waals surface area contributed by atoms with E-state index in [0.29, 0.717) is 31.6 Å². The Kier molecular flexibility index (Phi) is 8.35. The van der Waals surface area contributed by atoms with Crippen LogP contribution in [0.3, 0.4) is 0 Å². The molecule has 2 aromatic rings. The molecule has 14 heteroatoms. The second kappa shape index (κ2) is 11.1. The van der Waals surface area contributed by atoms with Gasteiger partial charge in [0.25, 0.3) is 15.9 Å². The number of carbonyl (C=O) groups excluding carboxylic acids is 2. The van der Waals surface area contributed by atoms with E-state index in [-0.39, 0.29) is 49.8 Å². The zero-order valence-corrected chi connectivity index (χ0v) is 22.2. The Labute approximate surface area is 227 Å². The third kappa shape index (κ3) is 6.50. The van der Waals surface area contributed by atoms with Gasteiger partial charge in [-0.1, -0.05) is 29.8 Å². The zero-order valence-electron chi connectivity index (χ0n) is 21.4. The molecule has 2 atom stereocenters. The molecule has 2 heterocycles. The maximum Gasteiger partial charge on any atom is 0.416 e. The number of piperazine rings is 1. The van der Waals surface area contributed by atoms with Gasteiger partial charge in [-0.25, -0.2) is 8.42 Å². The number of carbonyl (C=O) groups is 2. The SMILES string of the molecule is Cc1ccc(C2CN(C(=O)c3cc(C(F)(F)F)cc(C(F)(F)F)c3)CCC2N2CCN(S(=O)(=O)C=O)CC2)cc1. The quantitative estimate of drug-likeness (QED) is 0.386. The lowest BCUT2D eigenvalue weighted by molar-refractivity contribution is -0.143. The lowest BCUT2D eigenvalue weighted by Gasteiger charge is -2.46. The van der Waals surface area contributed by atoms with Crippen LogP contribution in [0.2, 0.25) is 0 Å². The van der Waals surface area contributed by atoms with E-state index in [1.807, 2.05) is 31.2 Å². The molecular formula is C26H27F6N3O4S. The van der Waals surface area contributed by atoms with Crippen molar-refractivity contribution >= 4 is 21.5 Å². The van der Waals surface area contributed by atoms with E-state index in [1.165, 1.54) is 4.90 Å². The van der Waals surface area contributed by atoms with Gasteiger partial charge in [-0.05, 0) is 37.1 Å². The molecule has 2 aromatic carbocycles. The molecule has 0 saturated carbocycles. The first-order chi connectivity index (χ1) is 18.6. The Bertz CT molecular complexity index is 1320. The predicted octanol–water partition coefficient (Wildman–Crippen LogP) is 4.17. The van der Waals surface area contributed by atoms with Crippen molar-refractivity contribution in [1.29, 1.82) is 0 Å². The second-order valence-electron chi connectivity index (χ2n) is 10.00. The number of benzene rings is 2. The van der Waals surface area contributed by atoms with E-state index in [4.69, 9.17) is 0 Å². The molecule has 2 fully saturated rings. The second-order valence-corrected chi connectivity index (χ2v) is 11.7. The standard InChI is InChI=1S/C26H27F6N3O4S/c1-17-2-4-18(5-3-17)22-15-34(7-6-23(22)33-8-10-35(11-9-33)40(38,39)16-36)24(37)19-12-20(25(27,28)29)14-21(13-19)26(30,31)32/h2-5,12-14,16,22-23H,6-11,15H2,1H3. The topological polar surface area (TPSA) is 78.0 Å². The molecule has 0 aliphatic carbocycles. The predicted molar refractivity (Wildman–Crippen MR) is 133 cm³/mol. The summed E-state index contributed by atoms with van der Waals surface area (Å²) in [6.45, 7) is 2.81. The summed E-state index contributed by atoms with van der Waals surface area (Å²) in [7, 11) is -4.01. The number of hydrogen-bond acceptors (Lipinski definition) is 5. The van der Waals surface area contributed by atoms with Gasteiger partial charge in [-0.15, -0.1) is 0 Å². The Morgan fingerprint density at radius 1 is 0.875 bits per heavy atom. The van der Waals surface area contributed by atoms with Crippen LogP contribution < -0.4 is 0 Å². The summed E-state index contributed by atoms with van der Waals surface area (Å²) in [6.07, 6.45) is -9.80. The van der Waals surface area contributed by atoms with Crippen molar-refractivity contribution < 1.29 is 44.3 Å². The van der Waals surface area contributed by atoms with Crippen molar-refractivity contribution in [3.05, 3.63) is 70.3 Å². The van der Waals surface area contributed by atoms with E-state index in [2.05, 4.69) is 4.90 Å². The average molecular weight is 592 g/mol. The number of halogens is 6. The first kappa shape index (κ1) is 30.0. The molecule has 2 aliphatic heterocycles. The van der Waals surface area contributed by atoms with Gasteiger partial charge in [0.1, 0.15) is 0 Å². The molecule has 7 nitrogen and oxygen atoms in total. The number of amides is 1. The first-order valence-corrected chi connectivity index (χ1v) is 13.9. The number of aryl methyl sites for hydroxylation is 1. The fourth-order valence-corrected chi connectivity index (χ4v) is 6.11. The fourth-order valence-electron chi connectivity index (χ4n) is 5.31. The summed E-state index contributed by atoms with van der Waals surface area (Å²) >= 11 is 0. The summed E-state index contributed by atoms with van der Waals surface area (Å²) < 4.78 is 105. The zero-order chi connectivity index (χ0) is 29.5. The van der Waals surface area contributed by atoms with E-state index in [0.717, 1.165) is 15.4 Å². The van der Waals surface area contributed by atoms with Gasteiger partial charge in [-0.2, -0.15) is 30.6 Å². The minimum Gasteiger partial charge on any atom is -0.338 e. The van der Waals surface area contributed by atoms with Crippen molar-refractivity contribution in [2.75, 3.05) is 39.3 Å². The van der Waals surface area contributed by atoms with Crippen LogP contribution in [0.1, 0.15) is 45.0 Å². The molecule has 0 spiro atoms. The number of nitrogens with zero attached hydrogens (tertiary/aromatic N) is 3. The van der Waals surface area contributed by atoms with E-state index < -0.39 is 45.0 Å². The summed E-state index contributed by atoms with van der Waals surface area (Å²) in [5, 5.41) is 0. The van der Waals surface area contributed by atoms with Crippen LogP contribution in [0.5, 0.6) is 0 Å². The Balaban J connectivity index is 1.62. The summed E-state index contributed by atoms with van der Waals surface area (Å²) in [6, 6.07) is 8.14. The maximum atomic E-state index is 13.4. The number of piperidine rings is 1. The van der Waals surface area contributed by atoms with Crippen LogP contribution in [0, 0.1) is 6.92 Å². The smallest absolute Gasteiger partial charge is 0.338 e. The largest absolute Gasteiger partial charge is 0.416 e. The van der Waals surface area contributed by atoms with E-state index in [1.54, 1.807) is 0 Å². The number of alkyl halides is 6. The first-order valence-electron chi connectivity index (χ1n) is 12.4. The van der Waals surface area contributed by atoms with Crippen LogP contribution in [-0.4, -0.2) is 79.4 Å². The monoisotopic (exact) mass is 591 g/mol. The highest BCUT2D eigenvalue weighted by Gasteiger charge is 2.41. The fraction of sp³-hybridized carbons (Fsp3) is 0.462. The maximum absolute atomic E-state index is 13.4. The van der Waals surface area contributed by atoms with Gasteiger partial charge in [0, 0.05) is 56.8 Å². The number of likely N-dealkylation sites (tertiary alicyclic amines) is 1. The highest BCUT2D eigenvalue weighted by Crippen LogP contribution is 2.38. The molecule has 218 valence electrons. The minimum absolute atomic E-state index is 0.0113.